The third kappa shape index (κ3) is 6.72. The molecule has 10 heteroatoms. The second kappa shape index (κ2) is 11.8. The zero-order chi connectivity index (χ0) is 25.7. The summed E-state index contributed by atoms with van der Waals surface area (Å²) in [5, 5.41) is 3.88. The van der Waals surface area contributed by atoms with E-state index >= 15 is 0 Å². The van der Waals surface area contributed by atoms with Crippen LogP contribution in [0.1, 0.15) is 32.6 Å². The summed E-state index contributed by atoms with van der Waals surface area (Å²) >= 11 is 12.6. The van der Waals surface area contributed by atoms with Crippen molar-refractivity contribution in [1.29, 1.82) is 0 Å². The average molecular weight is 541 g/mol. The highest BCUT2D eigenvalue weighted by atomic mass is 35.5. The minimum atomic E-state index is -2.58. The number of nitrogens with zero attached hydrogens (tertiary/aromatic N) is 3. The van der Waals surface area contributed by atoms with Gasteiger partial charge >= 0.3 is 6.09 Å². The van der Waals surface area contributed by atoms with Gasteiger partial charge in [-0.25, -0.2) is 13.6 Å². The third-order valence-corrected chi connectivity index (χ3v) is 7.55. The minimum absolute atomic E-state index is 0.140. The number of halogens is 4. The Bertz CT molecular complexity index is 1020. The molecule has 4 rings (SSSR count). The van der Waals surface area contributed by atoms with Crippen molar-refractivity contribution in [1.82, 2.24) is 4.90 Å². The molecule has 2 aromatic carbocycles. The number of carbonyl (C=O) groups excluding carboxylic acids is 1. The molecule has 0 aliphatic carbocycles. The highest BCUT2D eigenvalue weighted by Gasteiger charge is 2.34. The zero-order valence-electron chi connectivity index (χ0n) is 20.4. The molecule has 2 heterocycles. The molecule has 2 aliphatic heterocycles. The highest BCUT2D eigenvalue weighted by molar-refractivity contribution is 6.43. The van der Waals surface area contributed by atoms with E-state index in [4.69, 9.17) is 27.9 Å². The molecule has 1 amide bonds. The fourth-order valence-corrected chi connectivity index (χ4v) is 5.08. The number of anilines is 3. The van der Waals surface area contributed by atoms with Crippen LogP contribution < -0.4 is 15.1 Å². The van der Waals surface area contributed by atoms with E-state index in [2.05, 4.69) is 22.0 Å². The fraction of sp³-hybridized carbons (Fsp3) is 0.500. The third-order valence-electron chi connectivity index (χ3n) is 6.75. The lowest BCUT2D eigenvalue weighted by Gasteiger charge is -2.39. The van der Waals surface area contributed by atoms with Crippen LogP contribution in [0, 0.1) is 0 Å². The summed E-state index contributed by atoms with van der Waals surface area (Å²) in [6, 6.07) is 12.8. The monoisotopic (exact) mass is 540 g/mol. The van der Waals surface area contributed by atoms with Crippen molar-refractivity contribution in [2.24, 2.45) is 0 Å². The van der Waals surface area contributed by atoms with Crippen LogP contribution in [0.25, 0.3) is 0 Å². The minimum Gasteiger partial charge on any atom is -0.430 e. The first kappa shape index (κ1) is 26.8. The van der Waals surface area contributed by atoms with Gasteiger partial charge in [0, 0.05) is 63.5 Å². The van der Waals surface area contributed by atoms with Gasteiger partial charge < -0.3 is 14.5 Å². The number of alkyl halides is 2. The molecule has 0 saturated carbocycles. The van der Waals surface area contributed by atoms with Gasteiger partial charge in [-0.2, -0.15) is 0 Å². The van der Waals surface area contributed by atoms with Gasteiger partial charge in [-0.1, -0.05) is 42.6 Å². The summed E-state index contributed by atoms with van der Waals surface area (Å²) in [7, 11) is 0. The number of hydrogen-bond donors (Lipinski definition) is 1. The van der Waals surface area contributed by atoms with Crippen LogP contribution in [0.3, 0.4) is 0 Å². The molecule has 1 N–H and O–H groups in total. The maximum Gasteiger partial charge on any atom is 0.413 e. The van der Waals surface area contributed by atoms with Crippen molar-refractivity contribution in [3.63, 3.8) is 0 Å². The highest BCUT2D eigenvalue weighted by Crippen LogP contribution is 2.33. The Kier molecular flexibility index (Phi) is 8.80. The van der Waals surface area contributed by atoms with Gasteiger partial charge in [0.15, 0.2) is 6.23 Å². The van der Waals surface area contributed by atoms with E-state index in [0.717, 1.165) is 50.4 Å². The number of piperidine rings is 1. The van der Waals surface area contributed by atoms with Crippen molar-refractivity contribution in [3.8, 4) is 0 Å². The average Bonchev–Trinajstić information content (AvgIpc) is 2.86. The van der Waals surface area contributed by atoms with Gasteiger partial charge in [0.2, 0.25) is 0 Å². The molecule has 2 fully saturated rings. The SMILES string of the molecule is CCCC(OC(=O)Nc1ccc(N2CCC(F)(F)CC2)cc1)N1CCN(c2cccc(Cl)c2Cl)CC1. The molecule has 36 heavy (non-hydrogen) atoms. The van der Waals surface area contributed by atoms with Crippen molar-refractivity contribution in [3.05, 3.63) is 52.5 Å². The molecule has 0 aromatic heterocycles. The Morgan fingerprint density at radius 3 is 2.31 bits per heavy atom. The lowest BCUT2D eigenvalue weighted by Crippen LogP contribution is -2.52. The Morgan fingerprint density at radius 1 is 1.00 bits per heavy atom. The first-order chi connectivity index (χ1) is 17.3. The number of amides is 1. The molecule has 0 radical (unpaired) electrons. The van der Waals surface area contributed by atoms with Crippen LogP contribution in [0.4, 0.5) is 30.6 Å². The van der Waals surface area contributed by atoms with Crippen molar-refractivity contribution >= 4 is 46.4 Å². The van der Waals surface area contributed by atoms with Crippen LogP contribution >= 0.6 is 23.2 Å². The summed E-state index contributed by atoms with van der Waals surface area (Å²) in [5.74, 6) is -2.58. The van der Waals surface area contributed by atoms with Crippen LogP contribution in [-0.2, 0) is 4.74 Å². The van der Waals surface area contributed by atoms with Crippen LogP contribution in [0.5, 0.6) is 0 Å². The van der Waals surface area contributed by atoms with Crippen molar-refractivity contribution in [2.45, 2.75) is 44.8 Å². The summed E-state index contributed by atoms with van der Waals surface area (Å²) < 4.78 is 32.6. The van der Waals surface area contributed by atoms with E-state index in [1.165, 1.54) is 0 Å². The number of benzene rings is 2. The molecule has 196 valence electrons. The van der Waals surface area contributed by atoms with Crippen molar-refractivity contribution in [2.75, 3.05) is 54.4 Å². The number of ether oxygens (including phenoxy) is 1. The molecule has 1 atom stereocenters. The first-order valence-corrected chi connectivity index (χ1v) is 13.1. The number of carbonyl (C=O) groups is 1. The molecular formula is C26H32Cl2F2N4O2. The molecule has 6 nitrogen and oxygen atoms in total. The molecule has 0 spiro atoms. The second-order valence-corrected chi connectivity index (χ2v) is 10.0. The molecule has 1 unspecified atom stereocenters. The molecule has 2 aliphatic rings. The van der Waals surface area contributed by atoms with Gasteiger partial charge in [0.1, 0.15) is 0 Å². The van der Waals surface area contributed by atoms with Crippen LogP contribution in [0.2, 0.25) is 10.0 Å². The van der Waals surface area contributed by atoms with E-state index in [1.807, 2.05) is 29.2 Å². The number of rotatable bonds is 7. The van der Waals surface area contributed by atoms with Gasteiger partial charge in [0.25, 0.3) is 5.92 Å². The van der Waals surface area contributed by atoms with Gasteiger partial charge in [-0.3, -0.25) is 10.2 Å². The standard InChI is InChI=1S/C26H32Cl2F2N4O2/c1-2-4-23(34-17-15-33(16-18-34)22-6-3-5-21(27)24(22)28)36-25(35)31-19-7-9-20(10-8-19)32-13-11-26(29,30)12-14-32/h3,5-10,23H,2,4,11-18H2,1H3,(H,31,35). The van der Waals surface area contributed by atoms with Crippen LogP contribution in [0.15, 0.2) is 42.5 Å². The largest absolute Gasteiger partial charge is 0.430 e. The summed E-state index contributed by atoms with van der Waals surface area (Å²) in [4.78, 5) is 19.0. The van der Waals surface area contributed by atoms with E-state index in [1.54, 1.807) is 18.2 Å². The van der Waals surface area contributed by atoms with Crippen LogP contribution in [-0.4, -0.2) is 62.4 Å². The molecule has 0 bridgehead atoms. The molecule has 2 aromatic rings. The number of piperazine rings is 1. The zero-order valence-corrected chi connectivity index (χ0v) is 21.9. The first-order valence-electron chi connectivity index (χ1n) is 12.4. The molecule has 2 saturated heterocycles. The maximum atomic E-state index is 13.4. The number of hydrogen-bond acceptors (Lipinski definition) is 5. The van der Waals surface area contributed by atoms with Crippen molar-refractivity contribution < 1.29 is 18.3 Å². The van der Waals surface area contributed by atoms with E-state index in [0.29, 0.717) is 28.8 Å². The Balaban J connectivity index is 1.29. The Hall–Kier alpha value is -2.29. The second-order valence-electron chi connectivity index (χ2n) is 9.26. The van der Waals surface area contributed by atoms with E-state index in [9.17, 15) is 13.6 Å². The summed E-state index contributed by atoms with van der Waals surface area (Å²) in [6.45, 7) is 5.64. The van der Waals surface area contributed by atoms with E-state index in [-0.39, 0.29) is 19.1 Å². The lowest BCUT2D eigenvalue weighted by atomic mass is 10.1. The van der Waals surface area contributed by atoms with Gasteiger partial charge in [-0.05, 0) is 42.8 Å². The maximum absolute atomic E-state index is 13.4. The van der Waals surface area contributed by atoms with E-state index < -0.39 is 12.0 Å². The fourth-order valence-electron chi connectivity index (χ4n) is 4.67. The lowest BCUT2D eigenvalue weighted by molar-refractivity contribution is -0.0221. The predicted octanol–water partition coefficient (Wildman–Crippen LogP) is 6.73. The summed E-state index contributed by atoms with van der Waals surface area (Å²) in [6.07, 6.45) is 0.475. The number of nitrogens with one attached hydrogen (secondary N) is 1. The quantitative estimate of drug-likeness (QED) is 0.422. The van der Waals surface area contributed by atoms with Gasteiger partial charge in [0.05, 0.1) is 15.7 Å². The Morgan fingerprint density at radius 2 is 1.67 bits per heavy atom. The smallest absolute Gasteiger partial charge is 0.413 e. The predicted molar refractivity (Wildman–Crippen MR) is 142 cm³/mol. The molecular weight excluding hydrogens is 509 g/mol. The summed E-state index contributed by atoms with van der Waals surface area (Å²) in [5.41, 5.74) is 2.38. The Labute approximate surface area is 221 Å². The topological polar surface area (TPSA) is 48.1 Å². The van der Waals surface area contributed by atoms with Gasteiger partial charge in [-0.15, -0.1) is 0 Å². The normalized spacial score (nSPS) is 19.1.